The van der Waals surface area contributed by atoms with Crippen LogP contribution in [0.4, 0.5) is 0 Å². The molecule has 142 valence electrons. The van der Waals surface area contributed by atoms with Gasteiger partial charge in [-0.25, -0.2) is 0 Å². The molecule has 3 rings (SSSR count). The summed E-state index contributed by atoms with van der Waals surface area (Å²) < 4.78 is 0. The summed E-state index contributed by atoms with van der Waals surface area (Å²) in [6.07, 6.45) is 8.59. The largest absolute Gasteiger partial charge is 0.351 e. The number of rotatable bonds is 6. The van der Waals surface area contributed by atoms with Crippen molar-refractivity contribution in [1.29, 1.82) is 0 Å². The molecule has 0 unspecified atom stereocenters. The first-order valence-corrected chi connectivity index (χ1v) is 10.4. The maximum atomic E-state index is 13.2. The lowest BCUT2D eigenvalue weighted by Gasteiger charge is -2.32. The molecule has 1 aromatic rings. The second kappa shape index (κ2) is 9.09. The second-order valence-corrected chi connectivity index (χ2v) is 8.02. The number of alkyl halides is 1. The molecular weight excluding hydrogens is 371 g/mol. The Morgan fingerprint density at radius 2 is 1.65 bits per heavy atom. The van der Waals surface area contributed by atoms with E-state index in [1.807, 2.05) is 12.1 Å². The molecule has 26 heavy (non-hydrogen) atoms. The van der Waals surface area contributed by atoms with Crippen LogP contribution in [0.15, 0.2) is 24.3 Å². The molecule has 1 N–H and O–H groups in total. The van der Waals surface area contributed by atoms with Crippen LogP contribution in [0, 0.1) is 0 Å². The second-order valence-electron chi connectivity index (χ2n) is 7.32. The van der Waals surface area contributed by atoms with Gasteiger partial charge in [0.05, 0.1) is 0 Å². The van der Waals surface area contributed by atoms with Crippen LogP contribution in [0.25, 0.3) is 0 Å². The monoisotopic (exact) mass is 396 g/mol. The lowest BCUT2D eigenvalue weighted by molar-refractivity contribution is -0.140. The normalized spacial score (nSPS) is 19.5. The summed E-state index contributed by atoms with van der Waals surface area (Å²) in [5.74, 6) is -0.410. The summed E-state index contributed by atoms with van der Waals surface area (Å²) in [6.45, 7) is 0. The number of benzene rings is 1. The maximum absolute atomic E-state index is 13.2. The van der Waals surface area contributed by atoms with Crippen LogP contribution >= 0.6 is 23.2 Å². The first-order chi connectivity index (χ1) is 12.6. The molecule has 1 atom stereocenters. The summed E-state index contributed by atoms with van der Waals surface area (Å²) in [6, 6.07) is 6.83. The highest BCUT2D eigenvalue weighted by atomic mass is 35.5. The summed E-state index contributed by atoms with van der Waals surface area (Å²) in [4.78, 5) is 27.4. The molecule has 0 saturated heterocycles. The third-order valence-electron chi connectivity index (χ3n) is 5.26. The van der Waals surface area contributed by atoms with Crippen LogP contribution in [0.1, 0.15) is 63.0 Å². The Kier molecular flexibility index (Phi) is 6.82. The van der Waals surface area contributed by atoms with Crippen LogP contribution in [-0.2, 0) is 9.59 Å². The van der Waals surface area contributed by atoms with Gasteiger partial charge in [-0.3, -0.25) is 9.59 Å². The first kappa shape index (κ1) is 19.5. The van der Waals surface area contributed by atoms with E-state index in [4.69, 9.17) is 23.2 Å². The number of amides is 2. The van der Waals surface area contributed by atoms with Crippen molar-refractivity contribution in [1.82, 2.24) is 10.2 Å². The highest BCUT2D eigenvalue weighted by molar-refractivity contribution is 6.30. The maximum Gasteiger partial charge on any atom is 0.247 e. The van der Waals surface area contributed by atoms with Gasteiger partial charge in [-0.2, -0.15) is 0 Å². The van der Waals surface area contributed by atoms with Crippen molar-refractivity contribution in [3.8, 4) is 0 Å². The molecule has 2 aliphatic carbocycles. The Morgan fingerprint density at radius 1 is 1.04 bits per heavy atom. The molecule has 0 aliphatic heterocycles. The van der Waals surface area contributed by atoms with Crippen LogP contribution in [0.5, 0.6) is 0 Å². The number of hydrogen-bond acceptors (Lipinski definition) is 2. The first-order valence-electron chi connectivity index (χ1n) is 9.53. The molecule has 0 radical (unpaired) electrons. The zero-order valence-electron chi connectivity index (χ0n) is 14.9. The minimum absolute atomic E-state index is 0.0989. The molecule has 2 amide bonds. The van der Waals surface area contributed by atoms with Crippen molar-refractivity contribution < 1.29 is 9.59 Å². The van der Waals surface area contributed by atoms with Gasteiger partial charge in [0.15, 0.2) is 0 Å². The fourth-order valence-electron chi connectivity index (χ4n) is 3.77. The number of carbonyl (C=O) groups excluding carboxylic acids is 2. The van der Waals surface area contributed by atoms with E-state index in [1.54, 1.807) is 17.0 Å². The summed E-state index contributed by atoms with van der Waals surface area (Å²) >= 11 is 11.9. The van der Waals surface area contributed by atoms with Crippen molar-refractivity contribution >= 4 is 35.0 Å². The molecular formula is C20H26Cl2N2O2. The minimum atomic E-state index is -0.644. The predicted octanol–water partition coefficient (Wildman–Crippen LogP) is 4.45. The molecule has 1 aromatic carbocycles. The van der Waals surface area contributed by atoms with E-state index in [0.29, 0.717) is 5.02 Å². The van der Waals surface area contributed by atoms with Gasteiger partial charge in [0.2, 0.25) is 11.8 Å². The van der Waals surface area contributed by atoms with Gasteiger partial charge >= 0.3 is 0 Å². The molecule has 2 saturated carbocycles. The Hall–Kier alpha value is -1.26. The third kappa shape index (κ3) is 4.92. The van der Waals surface area contributed by atoms with Gasteiger partial charge in [0.1, 0.15) is 11.9 Å². The topological polar surface area (TPSA) is 49.4 Å². The summed E-state index contributed by atoms with van der Waals surface area (Å²) in [7, 11) is 0. The SMILES string of the molecule is O=C(NC1CCCCCC1)[C@H](c1ccc(Cl)cc1)N(C(=O)CCl)C1CC1. The number of hydrogen-bond donors (Lipinski definition) is 1. The zero-order valence-corrected chi connectivity index (χ0v) is 16.4. The quantitative estimate of drug-likeness (QED) is 0.570. The van der Waals surface area contributed by atoms with Gasteiger partial charge in [-0.05, 0) is 43.4 Å². The summed E-state index contributed by atoms with van der Waals surface area (Å²) in [5.41, 5.74) is 0.783. The predicted molar refractivity (Wildman–Crippen MR) is 104 cm³/mol. The average molecular weight is 397 g/mol. The number of nitrogens with zero attached hydrogens (tertiary/aromatic N) is 1. The Balaban J connectivity index is 1.84. The summed E-state index contributed by atoms with van der Waals surface area (Å²) in [5, 5.41) is 3.81. The molecule has 2 fully saturated rings. The van der Waals surface area contributed by atoms with Crippen molar-refractivity contribution in [2.45, 2.75) is 69.5 Å². The van der Waals surface area contributed by atoms with Gasteiger partial charge in [-0.15, -0.1) is 11.6 Å². The lowest BCUT2D eigenvalue weighted by atomic mass is 10.0. The van der Waals surface area contributed by atoms with E-state index in [9.17, 15) is 9.59 Å². The average Bonchev–Trinajstić information content (AvgIpc) is 3.48. The molecule has 0 heterocycles. The van der Waals surface area contributed by atoms with E-state index in [2.05, 4.69) is 5.32 Å². The smallest absolute Gasteiger partial charge is 0.247 e. The Labute approximate surface area is 165 Å². The Bertz CT molecular complexity index is 623. The van der Waals surface area contributed by atoms with Crippen molar-refractivity contribution in [2.75, 3.05) is 5.88 Å². The van der Waals surface area contributed by atoms with Gasteiger partial charge in [-0.1, -0.05) is 49.4 Å². The zero-order chi connectivity index (χ0) is 18.5. The fraction of sp³-hybridized carbons (Fsp3) is 0.600. The van der Waals surface area contributed by atoms with Gasteiger partial charge < -0.3 is 10.2 Å². The fourth-order valence-corrected chi connectivity index (χ4v) is 4.03. The van der Waals surface area contributed by atoms with Crippen molar-refractivity contribution in [3.05, 3.63) is 34.9 Å². The molecule has 0 aromatic heterocycles. The molecule has 6 heteroatoms. The Morgan fingerprint density at radius 3 is 2.19 bits per heavy atom. The van der Waals surface area contributed by atoms with Crippen molar-refractivity contribution in [3.63, 3.8) is 0 Å². The van der Waals surface area contributed by atoms with Crippen LogP contribution < -0.4 is 5.32 Å². The number of nitrogens with one attached hydrogen (secondary N) is 1. The van der Waals surface area contributed by atoms with Crippen LogP contribution in [0.3, 0.4) is 0 Å². The number of halogens is 2. The van der Waals surface area contributed by atoms with Crippen LogP contribution in [-0.4, -0.2) is 34.7 Å². The molecule has 0 spiro atoms. The van der Waals surface area contributed by atoms with E-state index >= 15 is 0 Å². The van der Waals surface area contributed by atoms with E-state index in [0.717, 1.165) is 44.1 Å². The molecule has 2 aliphatic rings. The standard InChI is InChI=1S/C20H26Cl2N2O2/c21-13-18(25)24(17-11-12-17)19(14-7-9-15(22)10-8-14)20(26)23-16-5-3-1-2-4-6-16/h7-10,16-17,19H,1-6,11-13H2,(H,23,26)/t19-/m0/s1. The van der Waals surface area contributed by atoms with E-state index < -0.39 is 6.04 Å². The molecule has 0 bridgehead atoms. The van der Waals surface area contributed by atoms with Gasteiger partial charge in [0.25, 0.3) is 0 Å². The third-order valence-corrected chi connectivity index (χ3v) is 5.74. The van der Waals surface area contributed by atoms with Crippen molar-refractivity contribution in [2.24, 2.45) is 0 Å². The van der Waals surface area contributed by atoms with E-state index in [1.165, 1.54) is 12.8 Å². The minimum Gasteiger partial charge on any atom is -0.351 e. The number of carbonyl (C=O) groups is 2. The molecule has 4 nitrogen and oxygen atoms in total. The lowest BCUT2D eigenvalue weighted by Crippen LogP contribution is -2.47. The highest BCUT2D eigenvalue weighted by Crippen LogP contribution is 2.35. The van der Waals surface area contributed by atoms with Crippen LogP contribution in [0.2, 0.25) is 5.02 Å². The van der Waals surface area contributed by atoms with E-state index in [-0.39, 0.29) is 29.8 Å². The van der Waals surface area contributed by atoms with Gasteiger partial charge in [0, 0.05) is 17.1 Å². The highest BCUT2D eigenvalue weighted by Gasteiger charge is 2.41.